The molecule has 0 spiro atoms. The standard InChI is InChI=1S/C22H27Cl2N3O4/c1-15(2)27(22(29)25-16-7-8-19(23)20(24)11-16)14-21(28)26(12-17-5-3-9-30-17)13-18-6-4-10-31-18/h3,5,7-9,11,15,18H,4,6,10,12-14H2,1-2H3,(H,25,29). The van der Waals surface area contributed by atoms with Crippen LogP contribution in [-0.2, 0) is 16.1 Å². The van der Waals surface area contributed by atoms with E-state index < -0.39 is 6.03 Å². The van der Waals surface area contributed by atoms with Crippen LogP contribution in [0.25, 0.3) is 0 Å². The summed E-state index contributed by atoms with van der Waals surface area (Å²) < 4.78 is 11.1. The summed E-state index contributed by atoms with van der Waals surface area (Å²) in [7, 11) is 0. The zero-order valence-electron chi connectivity index (χ0n) is 17.6. The van der Waals surface area contributed by atoms with Crippen LogP contribution in [-0.4, -0.2) is 53.6 Å². The number of nitrogens with one attached hydrogen (secondary N) is 1. The zero-order chi connectivity index (χ0) is 22.4. The molecular weight excluding hydrogens is 441 g/mol. The molecule has 0 radical (unpaired) electrons. The number of rotatable bonds is 8. The Balaban J connectivity index is 1.69. The molecule has 0 aliphatic carbocycles. The summed E-state index contributed by atoms with van der Waals surface area (Å²) in [5, 5.41) is 3.53. The van der Waals surface area contributed by atoms with Crippen molar-refractivity contribution >= 4 is 40.8 Å². The van der Waals surface area contributed by atoms with Crippen molar-refractivity contribution in [1.29, 1.82) is 0 Å². The average Bonchev–Trinajstić information content (AvgIpc) is 3.42. The van der Waals surface area contributed by atoms with E-state index in [-0.39, 0.29) is 24.6 Å². The normalized spacial score (nSPS) is 15.8. The third-order valence-corrected chi connectivity index (χ3v) is 5.83. The summed E-state index contributed by atoms with van der Waals surface area (Å²) >= 11 is 12.0. The summed E-state index contributed by atoms with van der Waals surface area (Å²) in [6, 6.07) is 7.87. The van der Waals surface area contributed by atoms with Gasteiger partial charge in [-0.2, -0.15) is 0 Å². The SMILES string of the molecule is CC(C)N(CC(=O)N(Cc1ccco1)CC1CCCO1)C(=O)Nc1ccc(Cl)c(Cl)c1. The Kier molecular flexibility index (Phi) is 8.23. The van der Waals surface area contributed by atoms with Crippen molar-refractivity contribution in [2.75, 3.05) is 25.0 Å². The van der Waals surface area contributed by atoms with Crippen molar-refractivity contribution in [3.05, 3.63) is 52.4 Å². The van der Waals surface area contributed by atoms with Crippen molar-refractivity contribution < 1.29 is 18.7 Å². The van der Waals surface area contributed by atoms with Crippen LogP contribution in [0.3, 0.4) is 0 Å². The molecule has 3 amide bonds. The van der Waals surface area contributed by atoms with Crippen molar-refractivity contribution in [1.82, 2.24) is 9.80 Å². The minimum atomic E-state index is -0.392. The molecular formula is C22H27Cl2N3O4. The highest BCUT2D eigenvalue weighted by molar-refractivity contribution is 6.42. The summed E-state index contributed by atoms with van der Waals surface area (Å²) in [6.45, 7) is 5.14. The molecule has 1 unspecified atom stereocenters. The van der Waals surface area contributed by atoms with E-state index in [9.17, 15) is 9.59 Å². The topological polar surface area (TPSA) is 75.0 Å². The van der Waals surface area contributed by atoms with Gasteiger partial charge in [0.25, 0.3) is 0 Å². The maximum absolute atomic E-state index is 13.2. The number of amides is 3. The summed E-state index contributed by atoms with van der Waals surface area (Å²) in [6.07, 6.45) is 3.47. The Labute approximate surface area is 192 Å². The molecule has 1 atom stereocenters. The lowest BCUT2D eigenvalue weighted by molar-refractivity contribution is -0.134. The fourth-order valence-electron chi connectivity index (χ4n) is 3.38. The number of halogens is 2. The lowest BCUT2D eigenvalue weighted by atomic mass is 10.2. The van der Waals surface area contributed by atoms with Crippen LogP contribution in [0.4, 0.5) is 10.5 Å². The van der Waals surface area contributed by atoms with Crippen molar-refractivity contribution in [2.45, 2.75) is 45.4 Å². The van der Waals surface area contributed by atoms with Crippen LogP contribution < -0.4 is 5.32 Å². The highest BCUT2D eigenvalue weighted by atomic mass is 35.5. The molecule has 1 aliphatic rings. The van der Waals surface area contributed by atoms with E-state index in [2.05, 4.69) is 5.32 Å². The zero-order valence-corrected chi connectivity index (χ0v) is 19.2. The molecule has 1 aromatic carbocycles. The van der Waals surface area contributed by atoms with Gasteiger partial charge in [-0.1, -0.05) is 23.2 Å². The van der Waals surface area contributed by atoms with E-state index >= 15 is 0 Å². The predicted octanol–water partition coefficient (Wildman–Crippen LogP) is 5.04. The molecule has 2 aromatic rings. The summed E-state index contributed by atoms with van der Waals surface area (Å²) in [4.78, 5) is 29.3. The van der Waals surface area contributed by atoms with Gasteiger partial charge >= 0.3 is 6.03 Å². The van der Waals surface area contributed by atoms with E-state index in [4.69, 9.17) is 32.4 Å². The number of nitrogens with zero attached hydrogens (tertiary/aromatic N) is 2. The van der Waals surface area contributed by atoms with Crippen molar-refractivity contribution in [3.8, 4) is 0 Å². The van der Waals surface area contributed by atoms with Crippen LogP contribution in [0.5, 0.6) is 0 Å². The number of carbonyl (C=O) groups is 2. The van der Waals surface area contributed by atoms with Crippen LogP contribution >= 0.6 is 23.2 Å². The molecule has 168 valence electrons. The van der Waals surface area contributed by atoms with Gasteiger partial charge in [-0.3, -0.25) is 4.79 Å². The number of urea groups is 1. The third kappa shape index (κ3) is 6.63. The van der Waals surface area contributed by atoms with E-state index in [0.29, 0.717) is 41.2 Å². The highest BCUT2D eigenvalue weighted by Crippen LogP contribution is 2.25. The van der Waals surface area contributed by atoms with Gasteiger partial charge in [0, 0.05) is 24.9 Å². The minimum absolute atomic E-state index is 0.00329. The van der Waals surface area contributed by atoms with Crippen LogP contribution in [0.2, 0.25) is 10.0 Å². The number of furan rings is 1. The Morgan fingerprint density at radius 3 is 2.65 bits per heavy atom. The fourth-order valence-corrected chi connectivity index (χ4v) is 3.68. The molecule has 1 fully saturated rings. The number of carbonyl (C=O) groups excluding carboxylic acids is 2. The second-order valence-electron chi connectivity index (χ2n) is 7.77. The fraction of sp³-hybridized carbons (Fsp3) is 0.455. The van der Waals surface area contributed by atoms with Gasteiger partial charge in [-0.25, -0.2) is 4.79 Å². The van der Waals surface area contributed by atoms with Gasteiger partial charge < -0.3 is 24.3 Å². The molecule has 0 bridgehead atoms. The number of hydrogen-bond acceptors (Lipinski definition) is 4. The Morgan fingerprint density at radius 2 is 2.03 bits per heavy atom. The monoisotopic (exact) mass is 467 g/mol. The maximum atomic E-state index is 13.2. The average molecular weight is 468 g/mol. The number of hydrogen-bond donors (Lipinski definition) is 1. The minimum Gasteiger partial charge on any atom is -0.467 e. The molecule has 9 heteroatoms. The summed E-state index contributed by atoms with van der Waals surface area (Å²) in [5.74, 6) is 0.507. The number of benzene rings is 1. The van der Waals surface area contributed by atoms with E-state index in [0.717, 1.165) is 12.8 Å². The lowest BCUT2D eigenvalue weighted by Crippen LogP contribution is -2.48. The molecule has 3 rings (SSSR count). The molecule has 31 heavy (non-hydrogen) atoms. The lowest BCUT2D eigenvalue weighted by Gasteiger charge is -2.31. The number of anilines is 1. The van der Waals surface area contributed by atoms with E-state index in [1.807, 2.05) is 19.9 Å². The molecule has 2 heterocycles. The first kappa shape index (κ1) is 23.4. The molecule has 1 N–H and O–H groups in total. The van der Waals surface area contributed by atoms with Crippen LogP contribution in [0.15, 0.2) is 41.0 Å². The molecule has 1 aliphatic heterocycles. The quantitative estimate of drug-likeness (QED) is 0.589. The first-order valence-corrected chi connectivity index (χ1v) is 11.0. The largest absolute Gasteiger partial charge is 0.467 e. The first-order valence-electron chi connectivity index (χ1n) is 10.3. The third-order valence-electron chi connectivity index (χ3n) is 5.09. The second kappa shape index (κ2) is 10.9. The molecule has 1 saturated heterocycles. The van der Waals surface area contributed by atoms with Gasteiger partial charge in [0.1, 0.15) is 12.3 Å². The number of ether oxygens (including phenoxy) is 1. The second-order valence-corrected chi connectivity index (χ2v) is 8.58. The van der Waals surface area contributed by atoms with Gasteiger partial charge in [-0.15, -0.1) is 0 Å². The highest BCUT2D eigenvalue weighted by Gasteiger charge is 2.27. The van der Waals surface area contributed by atoms with E-state index in [1.165, 1.54) is 4.90 Å². The first-order chi connectivity index (χ1) is 14.8. The van der Waals surface area contributed by atoms with Crippen molar-refractivity contribution in [3.63, 3.8) is 0 Å². The van der Waals surface area contributed by atoms with Gasteiger partial charge in [0.2, 0.25) is 5.91 Å². The molecule has 0 saturated carbocycles. The van der Waals surface area contributed by atoms with Gasteiger partial charge in [-0.05, 0) is 57.0 Å². The van der Waals surface area contributed by atoms with Crippen LogP contribution in [0, 0.1) is 0 Å². The Bertz CT molecular complexity index is 883. The predicted molar refractivity (Wildman–Crippen MR) is 120 cm³/mol. The van der Waals surface area contributed by atoms with Gasteiger partial charge in [0.05, 0.1) is 29.0 Å². The van der Waals surface area contributed by atoms with Crippen LogP contribution in [0.1, 0.15) is 32.4 Å². The molecule has 1 aromatic heterocycles. The van der Waals surface area contributed by atoms with Crippen molar-refractivity contribution in [2.24, 2.45) is 0 Å². The smallest absolute Gasteiger partial charge is 0.322 e. The Morgan fingerprint density at radius 1 is 1.23 bits per heavy atom. The summed E-state index contributed by atoms with van der Waals surface area (Å²) in [5.41, 5.74) is 0.504. The maximum Gasteiger partial charge on any atom is 0.322 e. The van der Waals surface area contributed by atoms with Gasteiger partial charge in [0.15, 0.2) is 0 Å². The van der Waals surface area contributed by atoms with E-state index in [1.54, 1.807) is 35.4 Å². The Hall–Kier alpha value is -2.22. The molecule has 7 nitrogen and oxygen atoms in total.